The summed E-state index contributed by atoms with van der Waals surface area (Å²) in [6.45, 7) is 0.151. The van der Waals surface area contributed by atoms with Crippen molar-refractivity contribution in [3.63, 3.8) is 0 Å². The Balaban J connectivity index is 1.86. The highest BCUT2D eigenvalue weighted by atomic mass is 16.5. The molecule has 1 saturated heterocycles. The topological polar surface area (TPSA) is 98.2 Å². The first-order valence-electron chi connectivity index (χ1n) is 10.5. The van der Waals surface area contributed by atoms with E-state index in [1.165, 1.54) is 19.1 Å². The van der Waals surface area contributed by atoms with Crippen LogP contribution in [-0.4, -0.2) is 48.0 Å². The lowest BCUT2D eigenvalue weighted by Gasteiger charge is -2.25. The lowest BCUT2D eigenvalue weighted by molar-refractivity contribution is -0.140. The number of ketones is 1. The maximum Gasteiger partial charge on any atom is 0.295 e. The van der Waals surface area contributed by atoms with E-state index in [0.29, 0.717) is 28.4 Å². The number of nitrogens with zero attached hydrogens (tertiary/aromatic N) is 2. The van der Waals surface area contributed by atoms with Gasteiger partial charge in [0, 0.05) is 24.5 Å². The molecule has 1 fully saturated rings. The quantitative estimate of drug-likeness (QED) is 0.326. The molecule has 0 saturated carbocycles. The molecule has 1 aromatic heterocycles. The third-order valence-corrected chi connectivity index (χ3v) is 5.70. The first-order valence-corrected chi connectivity index (χ1v) is 10.5. The third-order valence-electron chi connectivity index (χ3n) is 5.70. The van der Waals surface area contributed by atoms with E-state index < -0.39 is 17.7 Å². The molecule has 8 heteroatoms. The first-order chi connectivity index (χ1) is 16.5. The number of aliphatic hydroxyl groups excluding tert-OH is 1. The normalized spacial score (nSPS) is 17.0. The molecule has 3 aromatic rings. The molecule has 4 rings (SSSR count). The van der Waals surface area contributed by atoms with Gasteiger partial charge in [0.25, 0.3) is 11.7 Å². The van der Waals surface area contributed by atoms with Gasteiger partial charge in [-0.15, -0.1) is 0 Å². The molecule has 0 radical (unpaired) electrons. The Hall–Kier alpha value is -4.33. The molecule has 2 heterocycles. The Morgan fingerprint density at radius 3 is 2.32 bits per heavy atom. The van der Waals surface area contributed by atoms with Gasteiger partial charge in [-0.05, 0) is 47.5 Å². The number of ether oxygens (including phenoxy) is 3. The van der Waals surface area contributed by atoms with Gasteiger partial charge in [0.15, 0.2) is 11.5 Å². The molecule has 1 aliphatic rings. The van der Waals surface area contributed by atoms with Crippen LogP contribution in [0.15, 0.2) is 72.6 Å². The summed E-state index contributed by atoms with van der Waals surface area (Å²) < 4.78 is 15.8. The molecule has 1 aliphatic heterocycles. The van der Waals surface area contributed by atoms with Gasteiger partial charge in [0.05, 0.1) is 32.9 Å². The Labute approximate surface area is 197 Å². The Kier molecular flexibility index (Phi) is 6.49. The van der Waals surface area contributed by atoms with Crippen LogP contribution in [0.1, 0.15) is 22.7 Å². The zero-order chi connectivity index (χ0) is 24.2. The summed E-state index contributed by atoms with van der Waals surface area (Å²) in [5, 5.41) is 11.3. The van der Waals surface area contributed by atoms with Gasteiger partial charge >= 0.3 is 0 Å². The molecule has 1 N–H and O–H groups in total. The minimum atomic E-state index is -0.806. The zero-order valence-corrected chi connectivity index (χ0v) is 19.0. The first kappa shape index (κ1) is 22.8. The molecule has 1 atom stereocenters. The van der Waals surface area contributed by atoms with Crippen LogP contribution in [0.2, 0.25) is 0 Å². The van der Waals surface area contributed by atoms with Crippen molar-refractivity contribution in [3.05, 3.63) is 89.3 Å². The molecule has 1 unspecified atom stereocenters. The highest BCUT2D eigenvalue weighted by molar-refractivity contribution is 6.46. The lowest BCUT2D eigenvalue weighted by Crippen LogP contribution is -2.29. The van der Waals surface area contributed by atoms with Crippen molar-refractivity contribution in [1.82, 2.24) is 9.88 Å². The number of aliphatic hydroxyl groups is 1. The number of methoxy groups -OCH3 is 3. The minimum Gasteiger partial charge on any atom is -0.507 e. The SMILES string of the molecule is COc1ccc(C2/C(=C(/O)c3ccc(OC)c(OC)c3)C(=O)C(=O)N2Cc2cccnc2)cc1. The van der Waals surface area contributed by atoms with Gasteiger partial charge in [0.2, 0.25) is 0 Å². The molecular formula is C26H24N2O6. The average molecular weight is 460 g/mol. The molecule has 174 valence electrons. The molecule has 34 heavy (non-hydrogen) atoms. The van der Waals surface area contributed by atoms with E-state index in [4.69, 9.17) is 14.2 Å². The fourth-order valence-corrected chi connectivity index (χ4v) is 4.00. The van der Waals surface area contributed by atoms with Gasteiger partial charge in [-0.2, -0.15) is 0 Å². The highest BCUT2D eigenvalue weighted by Gasteiger charge is 2.46. The lowest BCUT2D eigenvalue weighted by atomic mass is 9.95. The number of carbonyl (C=O) groups excluding carboxylic acids is 2. The Morgan fingerprint density at radius 1 is 0.971 bits per heavy atom. The van der Waals surface area contributed by atoms with Gasteiger partial charge in [0.1, 0.15) is 11.5 Å². The smallest absolute Gasteiger partial charge is 0.295 e. The van der Waals surface area contributed by atoms with Crippen molar-refractivity contribution in [1.29, 1.82) is 0 Å². The van der Waals surface area contributed by atoms with E-state index in [1.807, 2.05) is 6.07 Å². The van der Waals surface area contributed by atoms with E-state index in [2.05, 4.69) is 4.98 Å². The van der Waals surface area contributed by atoms with E-state index in [0.717, 1.165) is 5.56 Å². The summed E-state index contributed by atoms with van der Waals surface area (Å²) in [4.78, 5) is 31.9. The Morgan fingerprint density at radius 2 is 1.71 bits per heavy atom. The molecule has 2 aromatic carbocycles. The van der Waals surface area contributed by atoms with Crippen molar-refractivity contribution in [2.24, 2.45) is 0 Å². The van der Waals surface area contributed by atoms with Crippen LogP contribution in [-0.2, 0) is 16.1 Å². The number of likely N-dealkylation sites (tertiary alicyclic amines) is 1. The number of aromatic nitrogens is 1. The number of Topliss-reactive ketones (excluding diaryl/α,β-unsaturated/α-hetero) is 1. The summed E-state index contributed by atoms with van der Waals surface area (Å²) in [7, 11) is 4.54. The summed E-state index contributed by atoms with van der Waals surface area (Å²) in [5.41, 5.74) is 1.74. The monoisotopic (exact) mass is 460 g/mol. The van der Waals surface area contributed by atoms with Gasteiger partial charge in [-0.25, -0.2) is 0 Å². The van der Waals surface area contributed by atoms with E-state index in [-0.39, 0.29) is 17.9 Å². The molecule has 0 bridgehead atoms. The third kappa shape index (κ3) is 4.17. The number of carbonyl (C=O) groups is 2. The van der Waals surface area contributed by atoms with Gasteiger partial charge in [-0.1, -0.05) is 18.2 Å². The van der Waals surface area contributed by atoms with Crippen molar-refractivity contribution >= 4 is 17.4 Å². The summed E-state index contributed by atoms with van der Waals surface area (Å²) in [6.07, 6.45) is 3.27. The Bertz CT molecular complexity index is 1240. The van der Waals surface area contributed by atoms with E-state index in [9.17, 15) is 14.7 Å². The van der Waals surface area contributed by atoms with Crippen LogP contribution in [0, 0.1) is 0 Å². The van der Waals surface area contributed by atoms with Crippen LogP contribution in [0.4, 0.5) is 0 Å². The summed E-state index contributed by atoms with van der Waals surface area (Å²) in [6, 6.07) is 14.6. The van der Waals surface area contributed by atoms with Crippen LogP contribution in [0.5, 0.6) is 17.2 Å². The van der Waals surface area contributed by atoms with Crippen molar-refractivity contribution in [3.8, 4) is 17.2 Å². The molecule has 1 amide bonds. The number of rotatable bonds is 7. The highest BCUT2D eigenvalue weighted by Crippen LogP contribution is 2.41. The zero-order valence-electron chi connectivity index (χ0n) is 19.0. The number of pyridine rings is 1. The maximum absolute atomic E-state index is 13.2. The summed E-state index contributed by atoms with van der Waals surface area (Å²) >= 11 is 0. The van der Waals surface area contributed by atoms with Crippen LogP contribution in [0.3, 0.4) is 0 Å². The number of amides is 1. The molecule has 8 nitrogen and oxygen atoms in total. The van der Waals surface area contributed by atoms with Crippen LogP contribution in [0.25, 0.3) is 5.76 Å². The fraction of sp³-hybridized carbons (Fsp3) is 0.192. The number of hydrogen-bond donors (Lipinski definition) is 1. The molecular weight excluding hydrogens is 436 g/mol. The van der Waals surface area contributed by atoms with E-state index in [1.54, 1.807) is 68.0 Å². The average Bonchev–Trinajstić information content (AvgIpc) is 3.13. The van der Waals surface area contributed by atoms with Crippen LogP contribution < -0.4 is 14.2 Å². The van der Waals surface area contributed by atoms with Crippen molar-refractivity contribution < 1.29 is 28.9 Å². The minimum absolute atomic E-state index is 0.00808. The second-order valence-corrected chi connectivity index (χ2v) is 7.63. The van der Waals surface area contributed by atoms with Crippen molar-refractivity contribution in [2.75, 3.05) is 21.3 Å². The van der Waals surface area contributed by atoms with Crippen molar-refractivity contribution in [2.45, 2.75) is 12.6 Å². The predicted molar refractivity (Wildman–Crippen MR) is 125 cm³/mol. The van der Waals surface area contributed by atoms with Crippen LogP contribution >= 0.6 is 0 Å². The molecule has 0 aliphatic carbocycles. The largest absolute Gasteiger partial charge is 0.507 e. The van der Waals surface area contributed by atoms with Gasteiger partial charge in [-0.3, -0.25) is 14.6 Å². The maximum atomic E-state index is 13.2. The van der Waals surface area contributed by atoms with E-state index >= 15 is 0 Å². The second-order valence-electron chi connectivity index (χ2n) is 7.63. The fourth-order valence-electron chi connectivity index (χ4n) is 4.00. The van der Waals surface area contributed by atoms with Gasteiger partial charge < -0.3 is 24.2 Å². The number of hydrogen-bond acceptors (Lipinski definition) is 7. The molecule has 0 spiro atoms. The summed E-state index contributed by atoms with van der Waals surface area (Å²) in [5.74, 6) is -0.273. The number of benzene rings is 2. The second kappa shape index (κ2) is 9.66. The predicted octanol–water partition coefficient (Wildman–Crippen LogP) is 3.73. The standard InChI is InChI=1S/C26H24N2O6/c1-32-19-9-6-17(7-10-19)23-22(24(29)18-8-11-20(33-2)21(13-18)34-3)25(30)26(31)28(23)15-16-5-4-12-27-14-16/h4-14,23,29H,15H2,1-3H3/b24-22-.